The zero-order valence-corrected chi connectivity index (χ0v) is 15.8. The van der Waals surface area contributed by atoms with Crippen molar-refractivity contribution >= 4 is 46.5 Å². The number of nitrogens with zero attached hydrogens (tertiary/aromatic N) is 3. The Morgan fingerprint density at radius 2 is 2.08 bits per heavy atom. The Morgan fingerprint density at radius 1 is 1.24 bits per heavy atom. The lowest BCUT2D eigenvalue weighted by Gasteiger charge is -2.17. The Hall–Kier alpha value is -1.76. The van der Waals surface area contributed by atoms with Crippen LogP contribution in [0.5, 0.6) is 0 Å². The van der Waals surface area contributed by atoms with Gasteiger partial charge in [-0.2, -0.15) is 11.8 Å². The number of halogens is 2. The summed E-state index contributed by atoms with van der Waals surface area (Å²) in [5.41, 5.74) is 1.20. The number of hydrogen-bond donors (Lipinski definition) is 1. The highest BCUT2D eigenvalue weighted by molar-refractivity contribution is 7.98. The average molecular weight is 395 g/mol. The van der Waals surface area contributed by atoms with E-state index in [1.165, 1.54) is 0 Å². The van der Waals surface area contributed by atoms with Crippen LogP contribution in [0.1, 0.15) is 28.6 Å². The van der Waals surface area contributed by atoms with Gasteiger partial charge in [0.05, 0.1) is 16.1 Å². The molecule has 0 bridgehead atoms. The van der Waals surface area contributed by atoms with E-state index in [1.807, 2.05) is 35.1 Å². The molecule has 1 atom stereocenters. The molecule has 0 radical (unpaired) electrons. The van der Waals surface area contributed by atoms with Crippen LogP contribution in [0.3, 0.4) is 0 Å². The van der Waals surface area contributed by atoms with Crippen LogP contribution in [0.4, 0.5) is 0 Å². The van der Waals surface area contributed by atoms with E-state index >= 15 is 0 Å². The number of benzene rings is 1. The molecule has 1 amide bonds. The van der Waals surface area contributed by atoms with Crippen LogP contribution in [0.25, 0.3) is 5.65 Å². The molecule has 130 valence electrons. The monoisotopic (exact) mass is 394 g/mol. The van der Waals surface area contributed by atoms with E-state index < -0.39 is 0 Å². The van der Waals surface area contributed by atoms with Crippen molar-refractivity contribution in [1.82, 2.24) is 19.9 Å². The fraction of sp³-hybridized carbons (Fsp3) is 0.235. The predicted molar refractivity (Wildman–Crippen MR) is 103 cm³/mol. The lowest BCUT2D eigenvalue weighted by molar-refractivity contribution is 0.0934. The number of hydrogen-bond acceptors (Lipinski definition) is 4. The van der Waals surface area contributed by atoms with Crippen molar-refractivity contribution in [3.8, 4) is 0 Å². The van der Waals surface area contributed by atoms with Crippen molar-refractivity contribution in [2.75, 3.05) is 12.0 Å². The van der Waals surface area contributed by atoms with Gasteiger partial charge in [-0.05, 0) is 48.8 Å². The topological polar surface area (TPSA) is 59.3 Å². The molecule has 0 aliphatic carbocycles. The van der Waals surface area contributed by atoms with E-state index in [2.05, 4.69) is 15.5 Å². The fourth-order valence-corrected chi connectivity index (χ4v) is 3.25. The number of amides is 1. The largest absolute Gasteiger partial charge is 0.342 e. The quantitative estimate of drug-likeness (QED) is 0.678. The third-order valence-electron chi connectivity index (χ3n) is 3.75. The number of carbonyl (C=O) groups is 1. The smallest absolute Gasteiger partial charge is 0.251 e. The summed E-state index contributed by atoms with van der Waals surface area (Å²) < 4.78 is 1.89. The molecule has 0 fully saturated rings. The third kappa shape index (κ3) is 4.08. The minimum atomic E-state index is -0.258. The van der Waals surface area contributed by atoms with Crippen LogP contribution in [0.2, 0.25) is 10.0 Å². The first-order chi connectivity index (χ1) is 12.1. The maximum atomic E-state index is 12.6. The van der Waals surface area contributed by atoms with Crippen LogP contribution in [0, 0.1) is 0 Å². The lowest BCUT2D eigenvalue weighted by atomic mass is 10.1. The molecule has 5 nitrogen and oxygen atoms in total. The second-order valence-electron chi connectivity index (χ2n) is 5.42. The summed E-state index contributed by atoms with van der Waals surface area (Å²) >= 11 is 13.6. The van der Waals surface area contributed by atoms with Gasteiger partial charge in [-0.3, -0.25) is 9.20 Å². The normalized spacial score (nSPS) is 12.3. The number of aromatic nitrogens is 3. The maximum Gasteiger partial charge on any atom is 0.251 e. The van der Waals surface area contributed by atoms with E-state index in [9.17, 15) is 4.79 Å². The molecule has 0 spiro atoms. The molecule has 1 unspecified atom stereocenters. The van der Waals surface area contributed by atoms with Gasteiger partial charge in [-0.25, -0.2) is 0 Å². The first kappa shape index (κ1) is 18.0. The van der Waals surface area contributed by atoms with Crippen LogP contribution in [0.15, 0.2) is 42.6 Å². The minimum Gasteiger partial charge on any atom is -0.342 e. The van der Waals surface area contributed by atoms with Crippen LogP contribution >= 0.6 is 35.0 Å². The summed E-state index contributed by atoms with van der Waals surface area (Å²) in [6.45, 7) is 0. The number of fused-ring (bicyclic) bond motifs is 1. The highest BCUT2D eigenvalue weighted by Crippen LogP contribution is 2.24. The van der Waals surface area contributed by atoms with E-state index in [0.717, 1.165) is 17.8 Å². The van der Waals surface area contributed by atoms with Crippen LogP contribution in [-0.2, 0) is 0 Å². The van der Waals surface area contributed by atoms with Crippen molar-refractivity contribution in [2.24, 2.45) is 0 Å². The highest BCUT2D eigenvalue weighted by Gasteiger charge is 2.21. The summed E-state index contributed by atoms with van der Waals surface area (Å²) in [5, 5.41) is 12.2. The molecule has 8 heteroatoms. The fourth-order valence-electron chi connectivity index (χ4n) is 2.48. The molecule has 25 heavy (non-hydrogen) atoms. The van der Waals surface area contributed by atoms with Gasteiger partial charge in [0, 0.05) is 11.8 Å². The molecule has 2 heterocycles. The standard InChI is InChI=1S/C17H16Cl2N4OS/c1-25-9-7-14(16-22-21-15-4-2-3-8-23(15)16)20-17(24)11-5-6-12(18)13(19)10-11/h2-6,8,10,14H,7,9H2,1H3,(H,20,24). The second-order valence-corrected chi connectivity index (χ2v) is 7.22. The predicted octanol–water partition coefficient (Wildman–Crippen LogP) is 4.26. The molecule has 0 saturated carbocycles. The Labute approximate surface area is 159 Å². The molecule has 3 rings (SSSR count). The van der Waals surface area contributed by atoms with Crippen molar-refractivity contribution in [1.29, 1.82) is 0 Å². The first-order valence-corrected chi connectivity index (χ1v) is 9.79. The molecule has 0 aliphatic heterocycles. The first-order valence-electron chi connectivity index (χ1n) is 7.64. The number of nitrogens with one attached hydrogen (secondary N) is 1. The van der Waals surface area contributed by atoms with Gasteiger partial charge < -0.3 is 5.32 Å². The van der Waals surface area contributed by atoms with Crippen molar-refractivity contribution in [3.63, 3.8) is 0 Å². The third-order valence-corrected chi connectivity index (χ3v) is 5.13. The average Bonchev–Trinajstić information content (AvgIpc) is 3.05. The van der Waals surface area contributed by atoms with Gasteiger partial charge in [0.1, 0.15) is 0 Å². The molecular formula is C17H16Cl2N4OS. The zero-order chi connectivity index (χ0) is 17.8. The van der Waals surface area contributed by atoms with Crippen LogP contribution in [-0.4, -0.2) is 32.5 Å². The van der Waals surface area contributed by atoms with E-state index in [0.29, 0.717) is 21.4 Å². The van der Waals surface area contributed by atoms with E-state index in [-0.39, 0.29) is 11.9 Å². The summed E-state index contributed by atoms with van der Waals surface area (Å²) in [7, 11) is 0. The van der Waals surface area contributed by atoms with Gasteiger partial charge >= 0.3 is 0 Å². The maximum absolute atomic E-state index is 12.6. The van der Waals surface area contributed by atoms with E-state index in [4.69, 9.17) is 23.2 Å². The van der Waals surface area contributed by atoms with Crippen molar-refractivity contribution in [2.45, 2.75) is 12.5 Å². The van der Waals surface area contributed by atoms with E-state index in [1.54, 1.807) is 30.0 Å². The minimum absolute atomic E-state index is 0.225. The number of thioether (sulfide) groups is 1. The summed E-state index contributed by atoms with van der Waals surface area (Å²) in [5.74, 6) is 1.36. The Kier molecular flexibility index (Phi) is 5.83. The number of pyridine rings is 1. The number of carbonyl (C=O) groups excluding carboxylic acids is 1. The zero-order valence-electron chi connectivity index (χ0n) is 13.4. The molecule has 3 aromatic rings. The Bertz CT molecular complexity index is 899. The molecule has 0 saturated heterocycles. The Morgan fingerprint density at radius 3 is 2.84 bits per heavy atom. The lowest BCUT2D eigenvalue weighted by Crippen LogP contribution is -2.30. The van der Waals surface area contributed by atoms with Gasteiger partial charge in [-0.1, -0.05) is 29.3 Å². The molecule has 1 N–H and O–H groups in total. The van der Waals surface area contributed by atoms with Crippen molar-refractivity contribution in [3.05, 3.63) is 64.0 Å². The number of rotatable bonds is 6. The molecule has 0 aliphatic rings. The second kappa shape index (κ2) is 8.08. The Balaban J connectivity index is 1.88. The van der Waals surface area contributed by atoms with Crippen LogP contribution < -0.4 is 5.32 Å². The molecule has 2 aromatic heterocycles. The summed E-state index contributed by atoms with van der Waals surface area (Å²) in [4.78, 5) is 12.6. The molecular weight excluding hydrogens is 379 g/mol. The highest BCUT2D eigenvalue weighted by atomic mass is 35.5. The van der Waals surface area contributed by atoms with Gasteiger partial charge in [0.2, 0.25) is 0 Å². The van der Waals surface area contributed by atoms with Gasteiger partial charge in [0.25, 0.3) is 5.91 Å². The van der Waals surface area contributed by atoms with Gasteiger partial charge in [-0.15, -0.1) is 10.2 Å². The SMILES string of the molecule is CSCCC(NC(=O)c1ccc(Cl)c(Cl)c1)c1nnc2ccccn12. The summed E-state index contributed by atoms with van der Waals surface area (Å²) in [6.07, 6.45) is 4.66. The summed E-state index contributed by atoms with van der Waals surface area (Å²) in [6, 6.07) is 10.3. The van der Waals surface area contributed by atoms with Gasteiger partial charge in [0.15, 0.2) is 11.5 Å². The molecule has 1 aromatic carbocycles. The van der Waals surface area contributed by atoms with Crippen molar-refractivity contribution < 1.29 is 4.79 Å².